The van der Waals surface area contributed by atoms with Crippen molar-refractivity contribution in [2.24, 2.45) is 5.92 Å². The molecule has 92 valence electrons. The minimum absolute atomic E-state index is 0.0284. The molecular weight excluding hydrogens is 210 g/mol. The molecule has 1 fully saturated rings. The van der Waals surface area contributed by atoms with Gasteiger partial charge in [-0.2, -0.15) is 0 Å². The van der Waals surface area contributed by atoms with Gasteiger partial charge in [-0.1, -0.05) is 0 Å². The Morgan fingerprint density at radius 2 is 2.19 bits per heavy atom. The van der Waals surface area contributed by atoms with Crippen LogP contribution in [0.25, 0.3) is 0 Å². The molecule has 0 aliphatic carbocycles. The molecule has 0 bridgehead atoms. The zero-order valence-corrected chi connectivity index (χ0v) is 9.78. The highest BCUT2D eigenvalue weighted by atomic mass is 16.5. The molecule has 0 aromatic rings. The van der Waals surface area contributed by atoms with Crippen molar-refractivity contribution in [1.29, 1.82) is 0 Å². The molecule has 1 aliphatic heterocycles. The zero-order chi connectivity index (χ0) is 12.0. The van der Waals surface area contributed by atoms with E-state index in [9.17, 15) is 9.59 Å². The first-order valence-corrected chi connectivity index (χ1v) is 5.36. The first-order valence-electron chi connectivity index (χ1n) is 5.36. The van der Waals surface area contributed by atoms with Crippen LogP contribution in [0.1, 0.15) is 0 Å². The molecule has 16 heavy (non-hydrogen) atoms. The molecule has 1 saturated heterocycles. The van der Waals surface area contributed by atoms with Crippen LogP contribution in [-0.4, -0.2) is 63.7 Å². The number of carbonyl (C=O) groups excluding carboxylic acids is 2. The van der Waals surface area contributed by atoms with Crippen LogP contribution < -0.4 is 10.6 Å². The summed E-state index contributed by atoms with van der Waals surface area (Å²) in [6.07, 6.45) is 0. The third-order valence-corrected chi connectivity index (χ3v) is 2.52. The third-order valence-electron chi connectivity index (χ3n) is 2.52. The first kappa shape index (κ1) is 12.9. The van der Waals surface area contributed by atoms with E-state index in [1.807, 2.05) is 0 Å². The fraction of sp³-hybridized carbons (Fsp3) is 0.800. The van der Waals surface area contributed by atoms with E-state index in [4.69, 9.17) is 4.74 Å². The quantitative estimate of drug-likeness (QED) is 0.540. The van der Waals surface area contributed by atoms with Crippen LogP contribution in [0.3, 0.4) is 0 Å². The number of hydrogen-bond donors (Lipinski definition) is 2. The van der Waals surface area contributed by atoms with E-state index in [1.165, 1.54) is 4.90 Å². The molecule has 0 aromatic heterocycles. The van der Waals surface area contributed by atoms with Gasteiger partial charge in [0.15, 0.2) is 0 Å². The summed E-state index contributed by atoms with van der Waals surface area (Å²) >= 11 is 0. The van der Waals surface area contributed by atoms with Crippen LogP contribution in [0.4, 0.5) is 0 Å². The van der Waals surface area contributed by atoms with Crippen LogP contribution in [0.2, 0.25) is 0 Å². The lowest BCUT2D eigenvalue weighted by atomic mass is 10.0. The predicted molar refractivity (Wildman–Crippen MR) is 58.9 cm³/mol. The Bertz CT molecular complexity index is 254. The monoisotopic (exact) mass is 229 g/mol. The van der Waals surface area contributed by atoms with Crippen molar-refractivity contribution in [3.8, 4) is 0 Å². The van der Waals surface area contributed by atoms with Gasteiger partial charge in [-0.25, -0.2) is 0 Å². The zero-order valence-electron chi connectivity index (χ0n) is 9.78. The standard InChI is InChI=1S/C10H19N3O3/c1-13(10(15)8-5-11-6-8)7-9(14)12-3-4-16-2/h8,11H,3-7H2,1-2H3,(H,12,14). The van der Waals surface area contributed by atoms with Gasteiger partial charge in [-0.3, -0.25) is 9.59 Å². The van der Waals surface area contributed by atoms with E-state index in [0.29, 0.717) is 26.2 Å². The molecule has 1 rings (SSSR count). The van der Waals surface area contributed by atoms with E-state index < -0.39 is 0 Å². The van der Waals surface area contributed by atoms with Gasteiger partial charge in [-0.05, 0) is 0 Å². The predicted octanol–water partition coefficient (Wildman–Crippen LogP) is -1.57. The van der Waals surface area contributed by atoms with E-state index in [0.717, 1.165) is 0 Å². The van der Waals surface area contributed by atoms with Gasteiger partial charge in [0.2, 0.25) is 11.8 Å². The summed E-state index contributed by atoms with van der Waals surface area (Å²) < 4.78 is 4.81. The minimum Gasteiger partial charge on any atom is -0.383 e. The fourth-order valence-corrected chi connectivity index (χ4v) is 1.42. The Morgan fingerprint density at radius 1 is 1.50 bits per heavy atom. The lowest BCUT2D eigenvalue weighted by Gasteiger charge is -2.29. The second-order valence-corrected chi connectivity index (χ2v) is 3.89. The highest BCUT2D eigenvalue weighted by Crippen LogP contribution is 2.06. The number of likely N-dealkylation sites (N-methyl/N-ethyl adjacent to an activating group) is 1. The molecule has 0 radical (unpaired) electrons. The van der Waals surface area contributed by atoms with Crippen LogP contribution in [0.5, 0.6) is 0 Å². The first-order chi connectivity index (χ1) is 7.65. The summed E-state index contributed by atoms with van der Waals surface area (Å²) in [5, 5.41) is 5.70. The Morgan fingerprint density at radius 3 is 2.69 bits per heavy atom. The molecule has 0 spiro atoms. The summed E-state index contributed by atoms with van der Waals surface area (Å²) in [5.41, 5.74) is 0. The van der Waals surface area contributed by atoms with Gasteiger partial charge >= 0.3 is 0 Å². The average molecular weight is 229 g/mol. The number of hydrogen-bond acceptors (Lipinski definition) is 4. The van der Waals surface area contributed by atoms with Crippen molar-refractivity contribution in [2.75, 3.05) is 46.9 Å². The van der Waals surface area contributed by atoms with E-state index in [2.05, 4.69) is 10.6 Å². The summed E-state index contributed by atoms with van der Waals surface area (Å²) in [4.78, 5) is 24.5. The maximum atomic E-state index is 11.7. The second-order valence-electron chi connectivity index (χ2n) is 3.89. The van der Waals surface area contributed by atoms with Crippen molar-refractivity contribution in [3.63, 3.8) is 0 Å². The summed E-state index contributed by atoms with van der Waals surface area (Å²) in [7, 11) is 3.22. The molecule has 0 aromatic carbocycles. The Balaban J connectivity index is 2.19. The maximum absolute atomic E-state index is 11.7. The molecule has 0 atom stereocenters. The number of nitrogens with zero attached hydrogens (tertiary/aromatic N) is 1. The minimum atomic E-state index is -0.153. The molecule has 2 amide bonds. The normalized spacial score (nSPS) is 15.4. The topological polar surface area (TPSA) is 70.7 Å². The van der Waals surface area contributed by atoms with Crippen LogP contribution >= 0.6 is 0 Å². The lowest BCUT2D eigenvalue weighted by Crippen LogP contribution is -2.52. The number of methoxy groups -OCH3 is 1. The molecule has 1 aliphatic rings. The van der Waals surface area contributed by atoms with Gasteiger partial charge in [0.25, 0.3) is 0 Å². The van der Waals surface area contributed by atoms with E-state index in [1.54, 1.807) is 14.2 Å². The number of ether oxygens (including phenoxy) is 1. The summed E-state index contributed by atoms with van der Waals surface area (Å²) in [6, 6.07) is 0. The second kappa shape index (κ2) is 6.44. The van der Waals surface area contributed by atoms with Crippen molar-refractivity contribution >= 4 is 11.8 Å². The Kier molecular flexibility index (Phi) is 5.21. The third kappa shape index (κ3) is 3.79. The smallest absolute Gasteiger partial charge is 0.239 e. The Labute approximate surface area is 95.3 Å². The lowest BCUT2D eigenvalue weighted by molar-refractivity contribution is -0.139. The number of amides is 2. The number of rotatable bonds is 6. The molecule has 2 N–H and O–H groups in total. The summed E-state index contributed by atoms with van der Waals surface area (Å²) in [6.45, 7) is 2.50. The van der Waals surface area contributed by atoms with Gasteiger partial charge in [0, 0.05) is 33.8 Å². The maximum Gasteiger partial charge on any atom is 0.239 e. The van der Waals surface area contributed by atoms with Crippen molar-refractivity contribution in [3.05, 3.63) is 0 Å². The fourth-order valence-electron chi connectivity index (χ4n) is 1.42. The van der Waals surface area contributed by atoms with E-state index >= 15 is 0 Å². The van der Waals surface area contributed by atoms with Crippen molar-refractivity contribution < 1.29 is 14.3 Å². The molecule has 6 nitrogen and oxygen atoms in total. The van der Waals surface area contributed by atoms with Crippen LogP contribution in [-0.2, 0) is 14.3 Å². The highest BCUT2D eigenvalue weighted by Gasteiger charge is 2.28. The number of carbonyl (C=O) groups is 2. The Hall–Kier alpha value is -1.14. The van der Waals surface area contributed by atoms with E-state index in [-0.39, 0.29) is 24.3 Å². The largest absolute Gasteiger partial charge is 0.383 e. The summed E-state index contributed by atoms with van der Waals surface area (Å²) in [5.74, 6) is -0.0856. The van der Waals surface area contributed by atoms with Gasteiger partial charge < -0.3 is 20.3 Å². The van der Waals surface area contributed by atoms with Crippen molar-refractivity contribution in [2.45, 2.75) is 0 Å². The van der Waals surface area contributed by atoms with Crippen LogP contribution in [0.15, 0.2) is 0 Å². The van der Waals surface area contributed by atoms with Gasteiger partial charge in [-0.15, -0.1) is 0 Å². The van der Waals surface area contributed by atoms with Crippen LogP contribution in [0, 0.1) is 5.92 Å². The molecule has 0 unspecified atom stereocenters. The molecule has 0 saturated carbocycles. The number of nitrogens with one attached hydrogen (secondary N) is 2. The highest BCUT2D eigenvalue weighted by molar-refractivity contribution is 5.86. The van der Waals surface area contributed by atoms with Crippen molar-refractivity contribution in [1.82, 2.24) is 15.5 Å². The van der Waals surface area contributed by atoms with Gasteiger partial charge in [0.05, 0.1) is 19.1 Å². The van der Waals surface area contributed by atoms with Gasteiger partial charge in [0.1, 0.15) is 0 Å². The molecule has 6 heteroatoms. The SMILES string of the molecule is COCCNC(=O)CN(C)C(=O)C1CNC1. The molecular formula is C10H19N3O3. The molecule has 1 heterocycles. The average Bonchev–Trinajstić information content (AvgIpc) is 2.15.